The average Bonchev–Trinajstić information content (AvgIpc) is 2.39. The second-order valence-electron chi connectivity index (χ2n) is 6.06. The number of hydrogen-bond donors (Lipinski definition) is 1. The van der Waals surface area contributed by atoms with Crippen molar-refractivity contribution in [2.24, 2.45) is 0 Å². The summed E-state index contributed by atoms with van der Waals surface area (Å²) < 4.78 is 5.45. The Hall–Kier alpha value is -0.650. The first-order valence-electron chi connectivity index (χ1n) is 7.09. The molecular formula is C14H29N3O2. The number of piperazine rings is 1. The van der Waals surface area contributed by atoms with Crippen LogP contribution in [0.2, 0.25) is 0 Å². The lowest BCUT2D eigenvalue weighted by molar-refractivity contribution is -0.133. The van der Waals surface area contributed by atoms with E-state index in [1.165, 1.54) is 0 Å². The van der Waals surface area contributed by atoms with Crippen molar-refractivity contribution in [1.29, 1.82) is 0 Å². The maximum absolute atomic E-state index is 12.2. The molecule has 1 aliphatic rings. The summed E-state index contributed by atoms with van der Waals surface area (Å²) in [5, 5.41) is 3.26. The summed E-state index contributed by atoms with van der Waals surface area (Å²) in [6.45, 7) is 10.2. The third-order valence-corrected chi connectivity index (χ3v) is 3.95. The van der Waals surface area contributed by atoms with Gasteiger partial charge in [-0.25, -0.2) is 0 Å². The van der Waals surface area contributed by atoms with Crippen molar-refractivity contribution in [1.82, 2.24) is 15.1 Å². The van der Waals surface area contributed by atoms with E-state index in [9.17, 15) is 4.79 Å². The molecule has 5 heteroatoms. The van der Waals surface area contributed by atoms with Gasteiger partial charge in [0.1, 0.15) is 0 Å². The second-order valence-corrected chi connectivity index (χ2v) is 6.06. The molecule has 0 aromatic heterocycles. The zero-order valence-corrected chi connectivity index (χ0v) is 13.0. The smallest absolute Gasteiger partial charge is 0.236 e. The summed E-state index contributed by atoms with van der Waals surface area (Å²) in [5.74, 6) is 0.228. The van der Waals surface area contributed by atoms with E-state index in [1.807, 2.05) is 11.9 Å². The molecule has 0 aromatic rings. The molecule has 1 amide bonds. The van der Waals surface area contributed by atoms with Crippen LogP contribution in [0.3, 0.4) is 0 Å². The summed E-state index contributed by atoms with van der Waals surface area (Å²) in [4.78, 5) is 16.2. The summed E-state index contributed by atoms with van der Waals surface area (Å²) in [5.41, 5.74) is -0.147. The van der Waals surface area contributed by atoms with Gasteiger partial charge in [-0.1, -0.05) is 0 Å². The highest BCUT2D eigenvalue weighted by Gasteiger charge is 2.25. The van der Waals surface area contributed by atoms with Gasteiger partial charge in [0.15, 0.2) is 0 Å². The Balaban J connectivity index is 2.40. The summed E-state index contributed by atoms with van der Waals surface area (Å²) in [6, 6.07) is 0.321. The highest BCUT2D eigenvalue weighted by molar-refractivity contribution is 5.78. The summed E-state index contributed by atoms with van der Waals surface area (Å²) in [6.07, 6.45) is 0.912. The molecule has 0 saturated carbocycles. The first-order valence-corrected chi connectivity index (χ1v) is 7.09. The van der Waals surface area contributed by atoms with Gasteiger partial charge in [-0.05, 0) is 34.2 Å². The van der Waals surface area contributed by atoms with Gasteiger partial charge in [-0.2, -0.15) is 0 Å². The maximum Gasteiger partial charge on any atom is 0.236 e. The van der Waals surface area contributed by atoms with Crippen LogP contribution < -0.4 is 5.32 Å². The monoisotopic (exact) mass is 271 g/mol. The number of nitrogens with one attached hydrogen (secondary N) is 1. The molecule has 0 radical (unpaired) electrons. The van der Waals surface area contributed by atoms with Gasteiger partial charge in [0.25, 0.3) is 0 Å². The Labute approximate surface area is 117 Å². The van der Waals surface area contributed by atoms with Gasteiger partial charge in [0, 0.05) is 39.3 Å². The van der Waals surface area contributed by atoms with Crippen molar-refractivity contribution < 1.29 is 9.53 Å². The van der Waals surface area contributed by atoms with E-state index in [2.05, 4.69) is 31.0 Å². The number of likely N-dealkylation sites (N-methyl/N-ethyl adjacent to an activating group) is 1. The van der Waals surface area contributed by atoms with Gasteiger partial charge >= 0.3 is 0 Å². The predicted molar refractivity (Wildman–Crippen MR) is 77.2 cm³/mol. The van der Waals surface area contributed by atoms with E-state index in [4.69, 9.17) is 4.74 Å². The first-order chi connectivity index (χ1) is 8.85. The predicted octanol–water partition coefficient (Wildman–Crippen LogP) is 0.554. The largest absolute Gasteiger partial charge is 0.379 e. The molecule has 1 rings (SSSR count). The number of ether oxygens (including phenoxy) is 1. The fourth-order valence-electron chi connectivity index (χ4n) is 2.33. The molecular weight excluding hydrogens is 242 g/mol. The lowest BCUT2D eigenvalue weighted by Crippen LogP contribution is -2.50. The lowest BCUT2D eigenvalue weighted by Gasteiger charge is -2.34. The van der Waals surface area contributed by atoms with Crippen molar-refractivity contribution in [2.75, 3.05) is 46.9 Å². The van der Waals surface area contributed by atoms with E-state index in [0.717, 1.165) is 32.6 Å². The molecule has 5 nitrogen and oxygen atoms in total. The molecule has 1 heterocycles. The van der Waals surface area contributed by atoms with Crippen molar-refractivity contribution in [3.05, 3.63) is 0 Å². The Morgan fingerprint density at radius 1 is 1.42 bits per heavy atom. The van der Waals surface area contributed by atoms with E-state index in [0.29, 0.717) is 12.6 Å². The van der Waals surface area contributed by atoms with Gasteiger partial charge in [-0.15, -0.1) is 0 Å². The normalized spacial score (nSPS) is 18.7. The number of hydrogen-bond acceptors (Lipinski definition) is 4. The van der Waals surface area contributed by atoms with E-state index in [1.54, 1.807) is 7.11 Å². The molecule has 1 aliphatic heterocycles. The molecule has 1 atom stereocenters. The van der Waals surface area contributed by atoms with Crippen molar-refractivity contribution in [2.45, 2.75) is 38.8 Å². The zero-order chi connectivity index (χ0) is 14.5. The number of amides is 1. The molecule has 1 fully saturated rings. The van der Waals surface area contributed by atoms with Crippen LogP contribution in [0.4, 0.5) is 0 Å². The highest BCUT2D eigenvalue weighted by atomic mass is 16.5. The van der Waals surface area contributed by atoms with Gasteiger partial charge in [-0.3, -0.25) is 9.69 Å². The molecule has 1 N–H and O–H groups in total. The number of carbonyl (C=O) groups is 1. The SMILES string of the molecule is COC(C)(C)CC(C)N(C)CC(=O)N1CCNCC1. The molecule has 0 aromatic carbocycles. The number of nitrogens with zero attached hydrogens (tertiary/aromatic N) is 2. The first kappa shape index (κ1) is 16.4. The highest BCUT2D eigenvalue weighted by Crippen LogP contribution is 2.18. The fraction of sp³-hybridized carbons (Fsp3) is 0.929. The molecule has 1 unspecified atom stereocenters. The number of carbonyl (C=O) groups excluding carboxylic acids is 1. The van der Waals surface area contributed by atoms with E-state index >= 15 is 0 Å². The van der Waals surface area contributed by atoms with Crippen LogP contribution in [0.15, 0.2) is 0 Å². The molecule has 0 aliphatic carbocycles. The Morgan fingerprint density at radius 2 is 2.00 bits per heavy atom. The maximum atomic E-state index is 12.2. The standard InChI is InChI=1S/C14H29N3O2/c1-12(10-14(2,3)19-5)16(4)11-13(18)17-8-6-15-7-9-17/h12,15H,6-11H2,1-5H3. The van der Waals surface area contributed by atoms with E-state index in [-0.39, 0.29) is 11.5 Å². The van der Waals surface area contributed by atoms with Gasteiger partial charge in [0.05, 0.1) is 12.1 Å². The quantitative estimate of drug-likeness (QED) is 0.766. The second kappa shape index (κ2) is 7.22. The number of methoxy groups -OCH3 is 1. The molecule has 0 bridgehead atoms. The molecule has 112 valence electrons. The van der Waals surface area contributed by atoms with Crippen molar-refractivity contribution in [3.63, 3.8) is 0 Å². The third kappa shape index (κ3) is 5.47. The van der Waals surface area contributed by atoms with Crippen molar-refractivity contribution >= 4 is 5.91 Å². The lowest BCUT2D eigenvalue weighted by atomic mass is 9.99. The van der Waals surface area contributed by atoms with Crippen LogP contribution in [0.1, 0.15) is 27.2 Å². The minimum absolute atomic E-state index is 0.147. The zero-order valence-electron chi connectivity index (χ0n) is 13.0. The van der Waals surface area contributed by atoms with Gasteiger partial charge in [0.2, 0.25) is 5.91 Å². The molecule has 0 spiro atoms. The topological polar surface area (TPSA) is 44.8 Å². The van der Waals surface area contributed by atoms with Crippen molar-refractivity contribution in [3.8, 4) is 0 Å². The van der Waals surface area contributed by atoms with E-state index < -0.39 is 0 Å². The van der Waals surface area contributed by atoms with Gasteiger partial charge < -0.3 is 15.0 Å². The molecule has 1 saturated heterocycles. The summed E-state index contributed by atoms with van der Waals surface area (Å²) >= 11 is 0. The van der Waals surface area contributed by atoms with Crippen LogP contribution in [0.25, 0.3) is 0 Å². The van der Waals surface area contributed by atoms with Crippen LogP contribution in [-0.4, -0.2) is 74.2 Å². The Kier molecular flexibility index (Phi) is 6.23. The third-order valence-electron chi connectivity index (χ3n) is 3.95. The fourth-order valence-corrected chi connectivity index (χ4v) is 2.33. The average molecular weight is 271 g/mol. The Bertz CT molecular complexity index is 288. The summed E-state index contributed by atoms with van der Waals surface area (Å²) in [7, 11) is 3.75. The number of rotatable bonds is 6. The Morgan fingerprint density at radius 3 is 2.53 bits per heavy atom. The molecule has 19 heavy (non-hydrogen) atoms. The van der Waals surface area contributed by atoms with Crippen LogP contribution >= 0.6 is 0 Å². The minimum atomic E-state index is -0.147. The minimum Gasteiger partial charge on any atom is -0.379 e. The van der Waals surface area contributed by atoms with Crippen LogP contribution in [0, 0.1) is 0 Å². The van der Waals surface area contributed by atoms with Crippen LogP contribution in [-0.2, 0) is 9.53 Å². The van der Waals surface area contributed by atoms with Crippen LogP contribution in [0.5, 0.6) is 0 Å².